The van der Waals surface area contributed by atoms with Crippen LogP contribution >= 0.6 is 0 Å². The number of hydrogen-bond donors (Lipinski definition) is 2. The number of aliphatic imine (C=N–C) groups is 1. The van der Waals surface area contributed by atoms with Crippen molar-refractivity contribution in [2.75, 3.05) is 41.0 Å². The number of ether oxygens (including phenoxy) is 2. The molecule has 2 N–H and O–H groups in total. The van der Waals surface area contributed by atoms with E-state index in [0.717, 1.165) is 11.1 Å². The fraction of sp³-hybridized carbons (Fsp3) is 0.455. The van der Waals surface area contributed by atoms with Gasteiger partial charge in [0.1, 0.15) is 11.6 Å². The fourth-order valence-electron chi connectivity index (χ4n) is 3.09. The molecule has 1 aromatic rings. The number of esters is 1. The van der Waals surface area contributed by atoms with Crippen molar-refractivity contribution in [1.29, 1.82) is 5.41 Å². The minimum absolute atomic E-state index is 0.0168. The smallest absolute Gasteiger partial charge is 0.305 e. The molecule has 2 rings (SSSR count). The second-order valence-corrected chi connectivity index (χ2v) is 7.16. The molecule has 1 aromatic carbocycles. The summed E-state index contributed by atoms with van der Waals surface area (Å²) < 4.78 is 9.67. The summed E-state index contributed by atoms with van der Waals surface area (Å²) in [5.74, 6) is 0.0702. The Kier molecular flexibility index (Phi) is 9.20. The first-order chi connectivity index (χ1) is 14.8. The maximum atomic E-state index is 12.8. The van der Waals surface area contributed by atoms with Gasteiger partial charge in [-0.2, -0.15) is 4.99 Å². The van der Waals surface area contributed by atoms with Crippen molar-refractivity contribution >= 4 is 29.7 Å². The quantitative estimate of drug-likeness (QED) is 0.371. The largest absolute Gasteiger partial charge is 0.508 e. The van der Waals surface area contributed by atoms with Gasteiger partial charge in [0.05, 0.1) is 13.7 Å². The average molecular weight is 431 g/mol. The van der Waals surface area contributed by atoms with E-state index in [4.69, 9.17) is 10.1 Å². The van der Waals surface area contributed by atoms with Crippen LogP contribution in [-0.2, 0) is 19.1 Å². The number of likely N-dealkylation sites (N-methyl/N-ethyl adjacent to an activating group) is 1. The first kappa shape index (κ1) is 24.1. The van der Waals surface area contributed by atoms with Crippen LogP contribution in [0.25, 0.3) is 6.08 Å². The number of amidine groups is 1. The molecule has 1 saturated heterocycles. The fourth-order valence-corrected chi connectivity index (χ4v) is 3.09. The molecule has 168 valence electrons. The minimum Gasteiger partial charge on any atom is -0.508 e. The first-order valence-electron chi connectivity index (χ1n) is 10.1. The number of guanidine groups is 1. The highest BCUT2D eigenvalue weighted by Gasteiger charge is 2.29. The molecule has 9 nitrogen and oxygen atoms in total. The van der Waals surface area contributed by atoms with Crippen molar-refractivity contribution in [1.82, 2.24) is 9.80 Å². The molecule has 1 aliphatic heterocycles. The van der Waals surface area contributed by atoms with E-state index in [2.05, 4.69) is 9.73 Å². The SMILES string of the molecule is COCCN(C)C(=N)N=C1/C(=C/c2cccc(O)c2)CCN1C(=O)CCCC(=O)OC. The van der Waals surface area contributed by atoms with Crippen LogP contribution in [0.3, 0.4) is 0 Å². The third-order valence-electron chi connectivity index (χ3n) is 4.86. The number of carbonyl (C=O) groups excluding carboxylic acids is 2. The van der Waals surface area contributed by atoms with Gasteiger partial charge in [-0.25, -0.2) is 0 Å². The van der Waals surface area contributed by atoms with E-state index >= 15 is 0 Å². The molecule has 0 saturated carbocycles. The van der Waals surface area contributed by atoms with Crippen molar-refractivity contribution in [3.8, 4) is 5.75 Å². The van der Waals surface area contributed by atoms with E-state index < -0.39 is 0 Å². The molecule has 1 aliphatic rings. The second-order valence-electron chi connectivity index (χ2n) is 7.16. The lowest BCUT2D eigenvalue weighted by Gasteiger charge is -2.20. The zero-order valence-electron chi connectivity index (χ0n) is 18.3. The Balaban J connectivity index is 2.25. The van der Waals surface area contributed by atoms with Gasteiger partial charge in [-0.3, -0.25) is 19.9 Å². The molecule has 0 aliphatic carbocycles. The Morgan fingerprint density at radius 1 is 1.32 bits per heavy atom. The number of phenolic OH excluding ortho intramolecular Hbond substituents is 1. The molecule has 0 unspecified atom stereocenters. The summed E-state index contributed by atoms with van der Waals surface area (Å²) in [6, 6.07) is 6.80. The van der Waals surface area contributed by atoms with Crippen molar-refractivity contribution in [2.45, 2.75) is 25.7 Å². The third-order valence-corrected chi connectivity index (χ3v) is 4.86. The van der Waals surface area contributed by atoms with E-state index in [9.17, 15) is 14.7 Å². The number of rotatable bonds is 8. The Bertz CT molecular complexity index is 865. The summed E-state index contributed by atoms with van der Waals surface area (Å²) in [5.41, 5.74) is 1.58. The van der Waals surface area contributed by atoms with Crippen molar-refractivity contribution in [3.63, 3.8) is 0 Å². The molecule has 0 aromatic heterocycles. The second kappa shape index (κ2) is 11.8. The summed E-state index contributed by atoms with van der Waals surface area (Å²) in [4.78, 5) is 31.8. The number of likely N-dealkylation sites (tertiary alicyclic amines) is 1. The monoisotopic (exact) mass is 430 g/mol. The van der Waals surface area contributed by atoms with Gasteiger partial charge in [-0.15, -0.1) is 0 Å². The van der Waals surface area contributed by atoms with Crippen LogP contribution in [0.5, 0.6) is 5.75 Å². The molecule has 0 spiro atoms. The number of nitrogens with one attached hydrogen (secondary N) is 1. The molecule has 0 atom stereocenters. The Morgan fingerprint density at radius 2 is 2.10 bits per heavy atom. The van der Waals surface area contributed by atoms with E-state index in [1.54, 1.807) is 42.2 Å². The Labute approximate surface area is 182 Å². The molecule has 9 heteroatoms. The lowest BCUT2D eigenvalue weighted by molar-refractivity contribution is -0.140. The molecule has 31 heavy (non-hydrogen) atoms. The summed E-state index contributed by atoms with van der Waals surface area (Å²) in [7, 11) is 4.65. The number of aromatic hydroxyl groups is 1. The van der Waals surface area contributed by atoms with E-state index in [0.29, 0.717) is 38.4 Å². The Hall–Kier alpha value is -3.20. The van der Waals surface area contributed by atoms with Crippen molar-refractivity contribution < 1.29 is 24.2 Å². The normalized spacial score (nSPS) is 16.0. The molecular formula is C22H30N4O5. The number of benzene rings is 1. The highest BCUT2D eigenvalue weighted by atomic mass is 16.5. The maximum Gasteiger partial charge on any atom is 0.305 e. The average Bonchev–Trinajstić information content (AvgIpc) is 3.13. The zero-order chi connectivity index (χ0) is 22.8. The Morgan fingerprint density at radius 3 is 2.77 bits per heavy atom. The molecule has 1 heterocycles. The van der Waals surface area contributed by atoms with Crippen molar-refractivity contribution in [2.24, 2.45) is 4.99 Å². The summed E-state index contributed by atoms with van der Waals surface area (Å²) >= 11 is 0. The standard InChI is InChI=1S/C22H30N4O5/c1-25(12-13-30-2)22(23)24-21-17(14-16-6-4-7-18(27)15-16)10-11-26(21)19(28)8-5-9-20(29)31-3/h4,6-7,14-15,23,27H,5,8-13H2,1-3H3/b17-14+,23-22?,24-21?. The molecule has 1 amide bonds. The van der Waals surface area contributed by atoms with Gasteiger partial charge in [0.2, 0.25) is 11.9 Å². The zero-order valence-corrected chi connectivity index (χ0v) is 18.3. The van der Waals surface area contributed by atoms with Gasteiger partial charge in [-0.05, 0) is 42.2 Å². The number of methoxy groups -OCH3 is 2. The molecule has 0 bridgehead atoms. The highest BCUT2D eigenvalue weighted by molar-refractivity contribution is 6.15. The van der Waals surface area contributed by atoms with E-state index in [1.807, 2.05) is 12.1 Å². The number of carbonyl (C=O) groups is 2. The lowest BCUT2D eigenvalue weighted by Crippen LogP contribution is -2.35. The lowest BCUT2D eigenvalue weighted by atomic mass is 10.1. The number of nitrogens with zero attached hydrogens (tertiary/aromatic N) is 3. The predicted octanol–water partition coefficient (Wildman–Crippen LogP) is 2.26. The summed E-state index contributed by atoms with van der Waals surface area (Å²) in [6.45, 7) is 1.38. The van der Waals surface area contributed by atoms with Gasteiger partial charge in [0.15, 0.2) is 0 Å². The van der Waals surface area contributed by atoms with Gasteiger partial charge in [-0.1, -0.05) is 12.1 Å². The van der Waals surface area contributed by atoms with Gasteiger partial charge in [0.25, 0.3) is 0 Å². The van der Waals surface area contributed by atoms with Crippen LogP contribution in [0.15, 0.2) is 34.8 Å². The highest BCUT2D eigenvalue weighted by Crippen LogP contribution is 2.24. The molecule has 0 radical (unpaired) electrons. The predicted molar refractivity (Wildman–Crippen MR) is 118 cm³/mol. The van der Waals surface area contributed by atoms with Gasteiger partial charge in [0, 0.05) is 40.1 Å². The van der Waals surface area contributed by atoms with Crippen LogP contribution in [0.4, 0.5) is 0 Å². The van der Waals surface area contributed by atoms with Gasteiger partial charge < -0.3 is 19.5 Å². The maximum absolute atomic E-state index is 12.8. The van der Waals surface area contributed by atoms with Crippen LogP contribution in [0, 0.1) is 5.41 Å². The van der Waals surface area contributed by atoms with Crippen molar-refractivity contribution in [3.05, 3.63) is 35.4 Å². The molecular weight excluding hydrogens is 400 g/mol. The summed E-state index contributed by atoms with van der Waals surface area (Å²) in [6.07, 6.45) is 3.17. The number of amides is 1. The topological polar surface area (TPSA) is 116 Å². The minimum atomic E-state index is -0.353. The third kappa shape index (κ3) is 7.21. The van der Waals surface area contributed by atoms with Crippen LogP contribution in [-0.4, -0.2) is 79.5 Å². The van der Waals surface area contributed by atoms with Gasteiger partial charge >= 0.3 is 5.97 Å². The van der Waals surface area contributed by atoms with Crippen LogP contribution < -0.4 is 0 Å². The van der Waals surface area contributed by atoms with E-state index in [-0.39, 0.29) is 36.4 Å². The summed E-state index contributed by atoms with van der Waals surface area (Å²) in [5, 5.41) is 18.1. The first-order valence-corrected chi connectivity index (χ1v) is 10.1. The van der Waals surface area contributed by atoms with Crippen LogP contribution in [0.1, 0.15) is 31.2 Å². The number of phenols is 1. The molecule has 1 fully saturated rings. The number of hydrogen-bond acceptors (Lipinski definition) is 6. The van der Waals surface area contributed by atoms with Crippen LogP contribution in [0.2, 0.25) is 0 Å². The van der Waals surface area contributed by atoms with E-state index in [1.165, 1.54) is 7.11 Å².